The van der Waals surface area contributed by atoms with Gasteiger partial charge in [-0.1, -0.05) is 23.9 Å². The summed E-state index contributed by atoms with van der Waals surface area (Å²) >= 11 is 1.34. The van der Waals surface area contributed by atoms with E-state index in [0.717, 1.165) is 31.5 Å². The molecule has 2 aliphatic rings. The average Bonchev–Trinajstić information content (AvgIpc) is 3.49. The van der Waals surface area contributed by atoms with E-state index in [1.54, 1.807) is 43.3 Å². The van der Waals surface area contributed by atoms with E-state index in [0.29, 0.717) is 16.4 Å². The van der Waals surface area contributed by atoms with Gasteiger partial charge in [-0.15, -0.1) is 0 Å². The first kappa shape index (κ1) is 25.9. The van der Waals surface area contributed by atoms with Crippen LogP contribution in [0.4, 0.5) is 5.69 Å². The van der Waals surface area contributed by atoms with Gasteiger partial charge in [-0.2, -0.15) is 4.99 Å². The molecule has 2 aromatic carbocycles. The van der Waals surface area contributed by atoms with Crippen molar-refractivity contribution in [2.75, 3.05) is 18.4 Å². The number of hydrogen-bond donors (Lipinski definition) is 3. The van der Waals surface area contributed by atoms with Gasteiger partial charge in [-0.25, -0.2) is 13.6 Å². The molecular weight excluding hydrogens is 502 g/mol. The van der Waals surface area contributed by atoms with Crippen molar-refractivity contribution in [1.82, 2.24) is 10.2 Å². The molecule has 0 radical (unpaired) electrons. The number of hydrogen-bond acceptors (Lipinski definition) is 7. The molecule has 36 heavy (non-hydrogen) atoms. The Balaban J connectivity index is 1.28. The highest BCUT2D eigenvalue weighted by atomic mass is 32.2. The number of carbonyl (C=O) groups excluding carboxylic acids is 3. The maximum atomic E-state index is 12.6. The number of primary sulfonamides is 1. The molecule has 0 spiro atoms. The lowest BCUT2D eigenvalue weighted by molar-refractivity contribution is -0.121. The summed E-state index contributed by atoms with van der Waals surface area (Å²) in [6.45, 7) is 3.56. The molecule has 2 aromatic rings. The van der Waals surface area contributed by atoms with Crippen molar-refractivity contribution in [2.24, 2.45) is 10.1 Å². The summed E-state index contributed by atoms with van der Waals surface area (Å²) in [4.78, 5) is 43.5. The normalized spacial score (nSPS) is 18.6. The molecule has 0 aromatic heterocycles. The molecule has 2 atom stereocenters. The number of thioether (sulfide) groups is 1. The highest BCUT2D eigenvalue weighted by molar-refractivity contribution is 8.15. The van der Waals surface area contributed by atoms with Crippen LogP contribution in [0.5, 0.6) is 0 Å². The lowest BCUT2D eigenvalue weighted by atomic mass is 10.1. The first-order valence-corrected chi connectivity index (χ1v) is 13.9. The van der Waals surface area contributed by atoms with E-state index < -0.39 is 15.3 Å². The number of benzene rings is 2. The van der Waals surface area contributed by atoms with Gasteiger partial charge in [0, 0.05) is 30.8 Å². The van der Waals surface area contributed by atoms with Gasteiger partial charge in [-0.3, -0.25) is 14.4 Å². The Morgan fingerprint density at radius 3 is 2.36 bits per heavy atom. The Labute approximate surface area is 213 Å². The molecule has 2 heterocycles. The molecule has 1 fully saturated rings. The van der Waals surface area contributed by atoms with Crippen LogP contribution >= 0.6 is 11.8 Å². The van der Waals surface area contributed by atoms with Crippen molar-refractivity contribution >= 4 is 50.4 Å². The molecule has 3 amide bonds. The second-order valence-corrected chi connectivity index (χ2v) is 11.4. The van der Waals surface area contributed by atoms with Crippen LogP contribution in [-0.2, 0) is 19.6 Å². The topological polar surface area (TPSA) is 151 Å². The first-order chi connectivity index (χ1) is 17.1. The average molecular weight is 530 g/mol. The summed E-state index contributed by atoms with van der Waals surface area (Å²) in [5.41, 5.74) is 1.63. The number of amides is 3. The summed E-state index contributed by atoms with van der Waals surface area (Å²) < 4.78 is 22.8. The van der Waals surface area contributed by atoms with Crippen LogP contribution in [0, 0.1) is 0 Å². The minimum atomic E-state index is -3.78. The van der Waals surface area contributed by atoms with Crippen molar-refractivity contribution in [1.29, 1.82) is 0 Å². The van der Waals surface area contributed by atoms with E-state index in [2.05, 4.69) is 20.5 Å². The Morgan fingerprint density at radius 1 is 1.11 bits per heavy atom. The molecule has 0 saturated carbocycles. The maximum Gasteiger partial charge on any atom is 0.262 e. The summed E-state index contributed by atoms with van der Waals surface area (Å²) in [6.07, 6.45) is 2.19. The second-order valence-electron chi connectivity index (χ2n) is 8.67. The smallest absolute Gasteiger partial charge is 0.262 e. The van der Waals surface area contributed by atoms with Gasteiger partial charge in [0.25, 0.3) is 11.8 Å². The first-order valence-electron chi connectivity index (χ1n) is 11.5. The Hall–Kier alpha value is -3.22. The van der Waals surface area contributed by atoms with E-state index in [4.69, 9.17) is 5.14 Å². The third kappa shape index (κ3) is 6.31. The fourth-order valence-corrected chi connectivity index (χ4v) is 5.58. The third-order valence-corrected chi connectivity index (χ3v) is 8.11. The predicted molar refractivity (Wildman–Crippen MR) is 138 cm³/mol. The third-order valence-electron chi connectivity index (χ3n) is 5.96. The Bertz CT molecular complexity index is 1290. The predicted octanol–water partition coefficient (Wildman–Crippen LogP) is 2.25. The maximum absolute atomic E-state index is 12.6. The van der Waals surface area contributed by atoms with E-state index in [1.807, 2.05) is 0 Å². The standard InChI is InChI=1S/C24H27N5O5S2/c1-15(16-6-10-19(11-7-16)36(25,33)34)26-22(31)17-4-8-18(9-5-17)27-21(30)14-20-23(32)28-24(35-20)29-12-2-3-13-29/h4-11,15,20H,2-3,12-14H2,1H3,(H,26,31)(H,27,30)(H2,25,33,34)/t15-,20-/m0/s1. The molecule has 12 heteroatoms. The molecule has 0 unspecified atom stereocenters. The summed E-state index contributed by atoms with van der Waals surface area (Å²) in [7, 11) is -3.78. The minimum Gasteiger partial charge on any atom is -0.351 e. The van der Waals surface area contributed by atoms with Crippen LogP contribution < -0.4 is 15.8 Å². The molecule has 1 saturated heterocycles. The number of sulfonamides is 1. The lowest BCUT2D eigenvalue weighted by Crippen LogP contribution is -2.26. The zero-order valence-electron chi connectivity index (χ0n) is 19.6. The number of nitrogens with two attached hydrogens (primary N) is 1. The van der Waals surface area contributed by atoms with Crippen molar-refractivity contribution in [3.63, 3.8) is 0 Å². The summed E-state index contributed by atoms with van der Waals surface area (Å²) in [5.74, 6) is -0.902. The largest absolute Gasteiger partial charge is 0.351 e. The van der Waals surface area contributed by atoms with Crippen LogP contribution in [-0.4, -0.2) is 54.5 Å². The number of aliphatic imine (C=N–C) groups is 1. The van der Waals surface area contributed by atoms with E-state index in [-0.39, 0.29) is 35.1 Å². The highest BCUT2D eigenvalue weighted by Crippen LogP contribution is 2.29. The van der Waals surface area contributed by atoms with E-state index in [9.17, 15) is 22.8 Å². The van der Waals surface area contributed by atoms with Gasteiger partial charge in [0.05, 0.1) is 10.9 Å². The van der Waals surface area contributed by atoms with E-state index >= 15 is 0 Å². The van der Waals surface area contributed by atoms with Crippen LogP contribution in [0.15, 0.2) is 58.4 Å². The molecule has 0 bridgehead atoms. The van der Waals surface area contributed by atoms with Crippen molar-refractivity contribution in [2.45, 2.75) is 42.4 Å². The minimum absolute atomic E-state index is 0.00198. The van der Waals surface area contributed by atoms with Crippen LogP contribution in [0.3, 0.4) is 0 Å². The highest BCUT2D eigenvalue weighted by Gasteiger charge is 2.33. The molecule has 0 aliphatic carbocycles. The zero-order chi connectivity index (χ0) is 25.9. The number of nitrogens with zero attached hydrogens (tertiary/aromatic N) is 2. The molecule has 190 valence electrons. The van der Waals surface area contributed by atoms with Crippen LogP contribution in [0.2, 0.25) is 0 Å². The monoisotopic (exact) mass is 529 g/mol. The number of likely N-dealkylation sites (tertiary alicyclic amines) is 1. The fraction of sp³-hybridized carbons (Fsp3) is 0.333. The van der Waals surface area contributed by atoms with Crippen molar-refractivity contribution in [3.8, 4) is 0 Å². The molecule has 4 rings (SSSR count). The van der Waals surface area contributed by atoms with Gasteiger partial charge in [0.1, 0.15) is 5.25 Å². The summed E-state index contributed by atoms with van der Waals surface area (Å²) in [5, 5.41) is 10.9. The SMILES string of the molecule is C[C@H](NC(=O)c1ccc(NC(=O)C[C@@H]2SC(N3CCCC3)=NC2=O)cc1)c1ccc(S(N)(=O)=O)cc1. The number of amidine groups is 1. The van der Waals surface area contributed by atoms with Crippen molar-refractivity contribution in [3.05, 3.63) is 59.7 Å². The number of carbonyl (C=O) groups is 3. The van der Waals surface area contributed by atoms with Crippen LogP contribution in [0.1, 0.15) is 48.1 Å². The number of anilines is 1. The fourth-order valence-electron chi connectivity index (χ4n) is 3.95. The van der Waals surface area contributed by atoms with Crippen molar-refractivity contribution < 1.29 is 22.8 Å². The Morgan fingerprint density at radius 2 is 1.75 bits per heavy atom. The Kier molecular flexibility index (Phi) is 7.76. The zero-order valence-corrected chi connectivity index (χ0v) is 21.3. The van der Waals surface area contributed by atoms with Gasteiger partial charge in [-0.05, 0) is 61.7 Å². The molecule has 4 N–H and O–H groups in total. The lowest BCUT2D eigenvalue weighted by Gasteiger charge is -2.16. The molecule has 10 nitrogen and oxygen atoms in total. The van der Waals surface area contributed by atoms with Gasteiger partial charge < -0.3 is 15.5 Å². The van der Waals surface area contributed by atoms with E-state index in [1.165, 1.54) is 23.9 Å². The quantitative estimate of drug-likeness (QED) is 0.498. The van der Waals surface area contributed by atoms with Gasteiger partial charge in [0.15, 0.2) is 5.17 Å². The number of rotatable bonds is 7. The number of nitrogens with one attached hydrogen (secondary N) is 2. The molecule has 2 aliphatic heterocycles. The van der Waals surface area contributed by atoms with Gasteiger partial charge in [0.2, 0.25) is 15.9 Å². The summed E-state index contributed by atoms with van der Waals surface area (Å²) in [6, 6.07) is 12.0. The second kappa shape index (κ2) is 10.8. The van der Waals surface area contributed by atoms with Crippen LogP contribution in [0.25, 0.3) is 0 Å². The molecular formula is C24H27N5O5S2. The van der Waals surface area contributed by atoms with Gasteiger partial charge >= 0.3 is 0 Å².